The first kappa shape index (κ1) is 19.2. The molecule has 0 aromatic rings. The molecule has 0 N–H and O–H groups in total. The summed E-state index contributed by atoms with van der Waals surface area (Å²) in [5.41, 5.74) is 0. The van der Waals surface area contributed by atoms with Crippen molar-refractivity contribution in [2.45, 2.75) is 96.7 Å². The van der Waals surface area contributed by atoms with E-state index in [1.807, 2.05) is 7.11 Å². The topological polar surface area (TPSA) is 9.23 Å². The van der Waals surface area contributed by atoms with E-state index in [-0.39, 0.29) is 0 Å². The zero-order valence-electron chi connectivity index (χ0n) is 14.1. The highest BCUT2D eigenvalue weighted by atomic mass is 28.3. The van der Waals surface area contributed by atoms with Gasteiger partial charge < -0.3 is 4.74 Å². The van der Waals surface area contributed by atoms with Crippen molar-refractivity contribution in [2.75, 3.05) is 13.3 Å². The van der Waals surface area contributed by atoms with Crippen molar-refractivity contribution < 1.29 is 4.74 Å². The summed E-state index contributed by atoms with van der Waals surface area (Å²) in [6.07, 6.45) is 13.8. The van der Waals surface area contributed by atoms with Crippen molar-refractivity contribution in [3.8, 4) is 0 Å². The molecule has 0 aliphatic carbocycles. The molecule has 0 saturated heterocycles. The molecule has 19 heavy (non-hydrogen) atoms. The first-order valence-electron chi connectivity index (χ1n) is 8.73. The second kappa shape index (κ2) is 13.2. The lowest BCUT2D eigenvalue weighted by Gasteiger charge is -2.31. The van der Waals surface area contributed by atoms with Gasteiger partial charge in [0.05, 0.1) is 8.07 Å². The van der Waals surface area contributed by atoms with Crippen molar-refractivity contribution in [2.24, 2.45) is 0 Å². The third kappa shape index (κ3) is 9.67. The fourth-order valence-electron chi connectivity index (χ4n) is 3.15. The summed E-state index contributed by atoms with van der Waals surface area (Å²) in [4.78, 5) is 0. The molecule has 2 heteroatoms. The molecule has 0 saturated carbocycles. The Balaban J connectivity index is 4.37. The summed E-state index contributed by atoms with van der Waals surface area (Å²) in [6.45, 7) is 6.94. The van der Waals surface area contributed by atoms with E-state index in [0.717, 1.165) is 6.23 Å². The highest BCUT2D eigenvalue weighted by Crippen LogP contribution is 2.29. The summed E-state index contributed by atoms with van der Waals surface area (Å²) in [6, 6.07) is 4.55. The smallest absolute Gasteiger partial charge is 0.0837 e. The quantitative estimate of drug-likeness (QED) is 0.273. The number of rotatable bonds is 14. The van der Waals surface area contributed by atoms with Crippen molar-refractivity contribution >= 4 is 8.07 Å². The van der Waals surface area contributed by atoms with E-state index in [1.165, 1.54) is 75.9 Å². The Hall–Kier alpha value is 0.177. The average Bonchev–Trinajstić information content (AvgIpc) is 2.40. The molecule has 0 amide bonds. The third-order valence-electron chi connectivity index (χ3n) is 4.38. The lowest BCUT2D eigenvalue weighted by atomic mass is 10.3. The van der Waals surface area contributed by atoms with E-state index in [2.05, 4.69) is 20.8 Å². The highest BCUT2D eigenvalue weighted by molar-refractivity contribution is 6.79. The van der Waals surface area contributed by atoms with Gasteiger partial charge in [0.1, 0.15) is 0 Å². The Kier molecular flexibility index (Phi) is 13.3. The van der Waals surface area contributed by atoms with Gasteiger partial charge in [-0.05, 0) is 0 Å². The average molecular weight is 287 g/mol. The van der Waals surface area contributed by atoms with E-state index in [0.29, 0.717) is 0 Å². The maximum atomic E-state index is 5.66. The molecule has 0 aromatic carbocycles. The van der Waals surface area contributed by atoms with E-state index in [4.69, 9.17) is 4.74 Å². The van der Waals surface area contributed by atoms with Crippen molar-refractivity contribution in [1.82, 2.24) is 0 Å². The molecule has 0 radical (unpaired) electrons. The van der Waals surface area contributed by atoms with Gasteiger partial charge in [0.15, 0.2) is 0 Å². The van der Waals surface area contributed by atoms with Gasteiger partial charge in [-0.2, -0.15) is 0 Å². The molecule has 0 bridgehead atoms. The van der Waals surface area contributed by atoms with Gasteiger partial charge in [0.25, 0.3) is 0 Å². The summed E-state index contributed by atoms with van der Waals surface area (Å²) in [5, 5.41) is 0. The standard InChI is InChI=1S/C17H38OSi/c1-5-8-11-14-19(17-18-4,15-12-9-6-2)16-13-10-7-3/h5-17H2,1-4H3. The Bertz CT molecular complexity index is 156. The highest BCUT2D eigenvalue weighted by Gasteiger charge is 2.31. The molecule has 0 atom stereocenters. The number of methoxy groups -OCH3 is 1. The molecule has 0 aliphatic heterocycles. The van der Waals surface area contributed by atoms with Crippen LogP contribution < -0.4 is 0 Å². The third-order valence-corrected chi connectivity index (χ3v) is 9.53. The minimum Gasteiger partial charge on any atom is -0.388 e. The van der Waals surface area contributed by atoms with Crippen LogP contribution in [0.1, 0.15) is 78.6 Å². The Morgan fingerprint density at radius 1 is 0.632 bits per heavy atom. The number of hydrogen-bond donors (Lipinski definition) is 0. The molecule has 0 unspecified atom stereocenters. The summed E-state index contributed by atoms with van der Waals surface area (Å²) in [7, 11) is 0.788. The second-order valence-corrected chi connectivity index (χ2v) is 11.1. The zero-order valence-corrected chi connectivity index (χ0v) is 15.1. The van der Waals surface area contributed by atoms with Crippen LogP contribution in [0.2, 0.25) is 18.1 Å². The van der Waals surface area contributed by atoms with Crippen LogP contribution in [0.3, 0.4) is 0 Å². The van der Waals surface area contributed by atoms with Crippen LogP contribution in [0.15, 0.2) is 0 Å². The SMILES string of the molecule is CCCCC[Si](CCCCC)(CCCCC)COC. The molecule has 116 valence electrons. The Morgan fingerprint density at radius 2 is 1.00 bits per heavy atom. The second-order valence-electron chi connectivity index (χ2n) is 6.30. The fourth-order valence-corrected chi connectivity index (χ4v) is 7.94. The van der Waals surface area contributed by atoms with Gasteiger partial charge >= 0.3 is 0 Å². The zero-order chi connectivity index (χ0) is 14.4. The minimum atomic E-state index is -1.13. The van der Waals surface area contributed by atoms with E-state index in [1.54, 1.807) is 0 Å². The lowest BCUT2D eigenvalue weighted by Crippen LogP contribution is -2.39. The van der Waals surface area contributed by atoms with E-state index < -0.39 is 8.07 Å². The lowest BCUT2D eigenvalue weighted by molar-refractivity contribution is 0.243. The summed E-state index contributed by atoms with van der Waals surface area (Å²) >= 11 is 0. The Morgan fingerprint density at radius 3 is 1.26 bits per heavy atom. The fraction of sp³-hybridized carbons (Fsp3) is 1.00. The number of hydrogen-bond acceptors (Lipinski definition) is 1. The number of unbranched alkanes of at least 4 members (excludes halogenated alkanes) is 6. The molecule has 0 aromatic heterocycles. The van der Waals surface area contributed by atoms with Gasteiger partial charge in [-0.1, -0.05) is 96.7 Å². The first-order valence-corrected chi connectivity index (χ1v) is 11.6. The number of ether oxygens (including phenoxy) is 1. The molecule has 1 nitrogen and oxygen atoms in total. The van der Waals surface area contributed by atoms with Gasteiger partial charge in [-0.3, -0.25) is 0 Å². The molecule has 0 aliphatic rings. The molecule has 0 heterocycles. The largest absolute Gasteiger partial charge is 0.388 e. The van der Waals surface area contributed by atoms with Crippen LogP contribution in [0, 0.1) is 0 Å². The van der Waals surface area contributed by atoms with Gasteiger partial charge in [-0.25, -0.2) is 0 Å². The predicted molar refractivity (Wildman–Crippen MR) is 90.6 cm³/mol. The molecular formula is C17H38OSi. The molecule has 0 rings (SSSR count). The maximum absolute atomic E-state index is 5.66. The van der Waals surface area contributed by atoms with Crippen molar-refractivity contribution in [3.05, 3.63) is 0 Å². The van der Waals surface area contributed by atoms with E-state index in [9.17, 15) is 0 Å². The van der Waals surface area contributed by atoms with Crippen LogP contribution in [0.4, 0.5) is 0 Å². The van der Waals surface area contributed by atoms with Gasteiger partial charge in [0, 0.05) is 13.3 Å². The van der Waals surface area contributed by atoms with E-state index >= 15 is 0 Å². The maximum Gasteiger partial charge on any atom is 0.0837 e. The van der Waals surface area contributed by atoms with Gasteiger partial charge in [0.2, 0.25) is 0 Å². The first-order chi connectivity index (χ1) is 9.24. The molecule has 0 spiro atoms. The monoisotopic (exact) mass is 286 g/mol. The molecular weight excluding hydrogens is 248 g/mol. The van der Waals surface area contributed by atoms with Crippen molar-refractivity contribution in [3.63, 3.8) is 0 Å². The molecule has 0 fully saturated rings. The van der Waals surface area contributed by atoms with Crippen LogP contribution in [-0.4, -0.2) is 21.4 Å². The summed E-state index contributed by atoms with van der Waals surface area (Å²) in [5.74, 6) is 0. The minimum absolute atomic E-state index is 1.12. The van der Waals surface area contributed by atoms with Crippen molar-refractivity contribution in [1.29, 1.82) is 0 Å². The predicted octanol–water partition coefficient (Wildman–Crippen LogP) is 6.19. The van der Waals surface area contributed by atoms with Gasteiger partial charge in [-0.15, -0.1) is 0 Å². The summed E-state index contributed by atoms with van der Waals surface area (Å²) < 4.78 is 5.66. The van der Waals surface area contributed by atoms with Crippen LogP contribution in [-0.2, 0) is 4.74 Å². The van der Waals surface area contributed by atoms with Crippen LogP contribution in [0.5, 0.6) is 0 Å². The van der Waals surface area contributed by atoms with Crippen LogP contribution in [0.25, 0.3) is 0 Å². The van der Waals surface area contributed by atoms with Crippen LogP contribution >= 0.6 is 0 Å². The Labute approximate surface area is 123 Å². The normalized spacial score (nSPS) is 12.0.